The molecule has 1 aliphatic rings. The molecule has 1 aliphatic heterocycles. The lowest BCUT2D eigenvalue weighted by Crippen LogP contribution is -2.24. The summed E-state index contributed by atoms with van der Waals surface area (Å²) in [5.74, 6) is 0.998. The molecule has 0 bridgehead atoms. The maximum Gasteiger partial charge on any atom is 0.108 e. The lowest BCUT2D eigenvalue weighted by Gasteiger charge is -2.06. The van der Waals surface area contributed by atoms with Gasteiger partial charge in [0.2, 0.25) is 0 Å². The van der Waals surface area contributed by atoms with Crippen LogP contribution in [-0.2, 0) is 6.42 Å². The van der Waals surface area contributed by atoms with E-state index in [0.717, 1.165) is 29.8 Å². The van der Waals surface area contributed by atoms with E-state index in [-0.39, 0.29) is 0 Å². The highest BCUT2D eigenvalue weighted by Gasteiger charge is 2.16. The maximum absolute atomic E-state index is 5.98. The largest absolute Gasteiger partial charge is 0.342 e. The van der Waals surface area contributed by atoms with Gasteiger partial charge in [-0.1, -0.05) is 23.2 Å². The van der Waals surface area contributed by atoms with Gasteiger partial charge in [0.1, 0.15) is 5.82 Å². The number of rotatable bonds is 2. The Morgan fingerprint density at radius 1 is 1.29 bits per heavy atom. The number of imidazole rings is 1. The fourth-order valence-corrected chi connectivity index (χ4v) is 2.64. The molecule has 1 unspecified atom stereocenters. The number of fused-ring (bicyclic) bond motifs is 1. The third-order valence-corrected chi connectivity index (χ3v) is 3.90. The summed E-state index contributed by atoms with van der Waals surface area (Å²) >= 11 is 11.9. The average molecular weight is 270 g/mol. The molecule has 0 saturated carbocycles. The summed E-state index contributed by atoms with van der Waals surface area (Å²) in [5, 5.41) is 4.58. The summed E-state index contributed by atoms with van der Waals surface area (Å²) in [6, 6.07) is 4.18. The Bertz CT molecular complexity index is 505. The van der Waals surface area contributed by atoms with Crippen molar-refractivity contribution < 1.29 is 0 Å². The maximum atomic E-state index is 5.98. The summed E-state index contributed by atoms with van der Waals surface area (Å²) in [6.07, 6.45) is 3.41. The molecule has 1 aromatic heterocycles. The van der Waals surface area contributed by atoms with Crippen LogP contribution >= 0.6 is 23.2 Å². The first-order valence-corrected chi connectivity index (χ1v) is 6.55. The highest BCUT2D eigenvalue weighted by atomic mass is 35.5. The Kier molecular flexibility index (Phi) is 2.99. The molecular weight excluding hydrogens is 257 g/mol. The van der Waals surface area contributed by atoms with Crippen molar-refractivity contribution in [2.45, 2.75) is 25.3 Å². The molecule has 2 heterocycles. The average Bonchev–Trinajstić information content (AvgIpc) is 2.89. The molecule has 90 valence electrons. The number of hydrogen-bond donors (Lipinski definition) is 2. The van der Waals surface area contributed by atoms with Crippen LogP contribution in [0.4, 0.5) is 0 Å². The van der Waals surface area contributed by atoms with Crippen LogP contribution in [0.2, 0.25) is 10.0 Å². The van der Waals surface area contributed by atoms with E-state index in [1.807, 2.05) is 6.07 Å². The van der Waals surface area contributed by atoms with Gasteiger partial charge >= 0.3 is 0 Å². The van der Waals surface area contributed by atoms with Crippen LogP contribution in [0.25, 0.3) is 11.0 Å². The summed E-state index contributed by atoms with van der Waals surface area (Å²) in [4.78, 5) is 7.84. The molecule has 3 rings (SSSR count). The number of nitrogens with zero attached hydrogens (tertiary/aromatic N) is 1. The van der Waals surface area contributed by atoms with Crippen molar-refractivity contribution in [2.24, 2.45) is 0 Å². The first kappa shape index (κ1) is 11.3. The highest BCUT2D eigenvalue weighted by molar-refractivity contribution is 6.42. The van der Waals surface area contributed by atoms with E-state index in [1.165, 1.54) is 12.8 Å². The van der Waals surface area contributed by atoms with Crippen LogP contribution in [0.5, 0.6) is 0 Å². The minimum absolute atomic E-state index is 0.543. The van der Waals surface area contributed by atoms with Crippen molar-refractivity contribution in [1.29, 1.82) is 0 Å². The zero-order valence-corrected chi connectivity index (χ0v) is 10.8. The molecule has 0 radical (unpaired) electrons. The standard InChI is InChI=1S/C12H13Cl2N3/c13-8-5-10-11(6-9(8)14)17-12(16-10)4-7-2-1-3-15-7/h5-7,15H,1-4H2,(H,16,17). The zero-order valence-electron chi connectivity index (χ0n) is 9.26. The first-order chi connectivity index (χ1) is 8.22. The van der Waals surface area contributed by atoms with E-state index >= 15 is 0 Å². The second kappa shape index (κ2) is 4.48. The minimum Gasteiger partial charge on any atom is -0.342 e. The van der Waals surface area contributed by atoms with Crippen LogP contribution in [0.3, 0.4) is 0 Å². The minimum atomic E-state index is 0.543. The normalized spacial score (nSPS) is 20.2. The molecule has 2 aromatic rings. The Morgan fingerprint density at radius 2 is 2.12 bits per heavy atom. The Morgan fingerprint density at radius 3 is 2.88 bits per heavy atom. The lowest BCUT2D eigenvalue weighted by molar-refractivity contribution is 0.589. The van der Waals surface area contributed by atoms with Crippen molar-refractivity contribution in [3.63, 3.8) is 0 Å². The molecule has 17 heavy (non-hydrogen) atoms. The van der Waals surface area contributed by atoms with Gasteiger partial charge < -0.3 is 10.3 Å². The zero-order chi connectivity index (χ0) is 11.8. The molecule has 0 spiro atoms. The van der Waals surface area contributed by atoms with Gasteiger partial charge in [0, 0.05) is 12.5 Å². The van der Waals surface area contributed by atoms with E-state index in [0.29, 0.717) is 16.1 Å². The monoisotopic (exact) mass is 269 g/mol. The number of H-pyrrole nitrogens is 1. The molecule has 0 amide bonds. The summed E-state index contributed by atoms with van der Waals surface area (Å²) < 4.78 is 0. The highest BCUT2D eigenvalue weighted by Crippen LogP contribution is 2.26. The fourth-order valence-electron chi connectivity index (χ4n) is 2.32. The third-order valence-electron chi connectivity index (χ3n) is 3.18. The van der Waals surface area contributed by atoms with Crippen LogP contribution in [0.15, 0.2) is 12.1 Å². The SMILES string of the molecule is Clc1cc2nc(CC3CCCN3)[nH]c2cc1Cl. The van der Waals surface area contributed by atoms with Crippen molar-refractivity contribution in [1.82, 2.24) is 15.3 Å². The summed E-state index contributed by atoms with van der Waals surface area (Å²) in [5.41, 5.74) is 1.83. The molecule has 0 aliphatic carbocycles. The molecule has 1 fully saturated rings. The molecule has 2 N–H and O–H groups in total. The molecule has 3 nitrogen and oxygen atoms in total. The van der Waals surface area contributed by atoms with Crippen molar-refractivity contribution in [3.8, 4) is 0 Å². The topological polar surface area (TPSA) is 40.7 Å². The van der Waals surface area contributed by atoms with Crippen LogP contribution in [-0.4, -0.2) is 22.6 Å². The number of nitrogens with one attached hydrogen (secondary N) is 2. The van der Waals surface area contributed by atoms with Crippen molar-refractivity contribution in [2.75, 3.05) is 6.54 Å². The first-order valence-electron chi connectivity index (χ1n) is 5.79. The van der Waals surface area contributed by atoms with Crippen LogP contribution in [0, 0.1) is 0 Å². The predicted molar refractivity (Wildman–Crippen MR) is 70.8 cm³/mol. The summed E-state index contributed by atoms with van der Waals surface area (Å²) in [7, 11) is 0. The second-order valence-electron chi connectivity index (χ2n) is 4.46. The molecule has 1 aromatic carbocycles. The van der Waals surface area contributed by atoms with E-state index in [1.54, 1.807) is 6.07 Å². The number of aromatic nitrogens is 2. The molecule has 1 atom stereocenters. The lowest BCUT2D eigenvalue weighted by atomic mass is 10.1. The Balaban J connectivity index is 1.90. The van der Waals surface area contributed by atoms with E-state index in [4.69, 9.17) is 23.2 Å². The smallest absolute Gasteiger partial charge is 0.108 e. The van der Waals surface area contributed by atoms with Gasteiger partial charge in [0.15, 0.2) is 0 Å². The van der Waals surface area contributed by atoms with Gasteiger partial charge in [-0.15, -0.1) is 0 Å². The van der Waals surface area contributed by atoms with E-state index in [9.17, 15) is 0 Å². The third kappa shape index (κ3) is 2.28. The van der Waals surface area contributed by atoms with E-state index in [2.05, 4.69) is 15.3 Å². The van der Waals surface area contributed by atoms with Gasteiger partial charge in [-0.2, -0.15) is 0 Å². The molecule has 5 heteroatoms. The van der Waals surface area contributed by atoms with Crippen molar-refractivity contribution >= 4 is 34.2 Å². The molecule has 1 saturated heterocycles. The number of halogens is 2. The Labute approximate surface area is 110 Å². The second-order valence-corrected chi connectivity index (χ2v) is 5.28. The van der Waals surface area contributed by atoms with Gasteiger partial charge in [0.25, 0.3) is 0 Å². The number of aromatic amines is 1. The number of hydrogen-bond acceptors (Lipinski definition) is 2. The number of benzene rings is 1. The van der Waals surface area contributed by atoms with Crippen molar-refractivity contribution in [3.05, 3.63) is 28.0 Å². The predicted octanol–water partition coefficient (Wildman–Crippen LogP) is 3.16. The van der Waals surface area contributed by atoms with Gasteiger partial charge in [-0.3, -0.25) is 0 Å². The fraction of sp³-hybridized carbons (Fsp3) is 0.417. The van der Waals surface area contributed by atoms with E-state index < -0.39 is 0 Å². The van der Waals surface area contributed by atoms with Gasteiger partial charge in [-0.25, -0.2) is 4.98 Å². The van der Waals surface area contributed by atoms with Gasteiger partial charge in [-0.05, 0) is 31.5 Å². The Hall–Kier alpha value is -0.770. The molecular formula is C12H13Cl2N3. The quantitative estimate of drug-likeness (QED) is 0.880. The van der Waals surface area contributed by atoms with Gasteiger partial charge in [0.05, 0.1) is 21.1 Å². The van der Waals surface area contributed by atoms with Crippen LogP contribution < -0.4 is 5.32 Å². The summed E-state index contributed by atoms with van der Waals surface area (Å²) in [6.45, 7) is 1.11. The van der Waals surface area contributed by atoms with Crippen LogP contribution in [0.1, 0.15) is 18.7 Å².